The Morgan fingerprint density at radius 3 is 1.12 bits per heavy atom. The monoisotopic (exact) mass is 292 g/mol. The first-order chi connectivity index (χ1) is 8.35. The van der Waals surface area contributed by atoms with Crippen molar-refractivity contribution >= 4 is 47.0 Å². The van der Waals surface area contributed by atoms with Gasteiger partial charge in [-0.3, -0.25) is 0 Å². The van der Waals surface area contributed by atoms with Crippen LogP contribution in [0.25, 0.3) is 0 Å². The Bertz CT molecular complexity index is 486. The first kappa shape index (κ1) is 10.7. The van der Waals surface area contributed by atoms with Crippen molar-refractivity contribution < 1.29 is 0 Å². The molecule has 2 aliphatic heterocycles. The summed E-state index contributed by atoms with van der Waals surface area (Å²) in [6, 6.07) is 17.4. The van der Waals surface area contributed by atoms with Crippen molar-refractivity contribution in [3.8, 4) is 0 Å². The molecule has 17 heavy (non-hydrogen) atoms. The van der Waals surface area contributed by atoms with E-state index in [1.54, 1.807) is 0 Å². The number of fused-ring (bicyclic) bond motifs is 2. The molecule has 0 saturated heterocycles. The van der Waals surface area contributed by atoms with Gasteiger partial charge in [-0.25, -0.2) is 0 Å². The van der Waals surface area contributed by atoms with Gasteiger partial charge in [-0.15, -0.1) is 0 Å². The van der Waals surface area contributed by atoms with Gasteiger partial charge in [0, 0.05) is 19.6 Å². The fourth-order valence-electron chi connectivity index (χ4n) is 1.90. The van der Waals surface area contributed by atoms with Crippen LogP contribution in [-0.4, -0.2) is 2.74 Å². The van der Waals surface area contributed by atoms with Crippen LogP contribution in [0.3, 0.4) is 0 Å². The molecule has 2 aromatic rings. The molecular weight excluding hydrogens is 284 g/mol. The minimum atomic E-state index is 0.174. The summed E-state index contributed by atoms with van der Waals surface area (Å²) in [5.74, 6) is 0. The van der Waals surface area contributed by atoms with E-state index < -0.39 is 0 Å². The van der Waals surface area contributed by atoms with Crippen molar-refractivity contribution in [1.82, 2.24) is 0 Å². The highest BCUT2D eigenvalue weighted by Gasteiger charge is 2.46. The summed E-state index contributed by atoms with van der Waals surface area (Å²) in [7, 11) is 0. The highest BCUT2D eigenvalue weighted by Crippen LogP contribution is 2.73. The maximum absolute atomic E-state index is 2.23. The summed E-state index contributed by atoms with van der Waals surface area (Å²) in [5, 5.41) is 0. The molecule has 0 saturated carbocycles. The van der Waals surface area contributed by atoms with Crippen LogP contribution in [0.5, 0.6) is 0 Å². The molecule has 0 radical (unpaired) electrons. The van der Waals surface area contributed by atoms with Crippen LogP contribution >= 0.6 is 47.0 Å². The van der Waals surface area contributed by atoms with Crippen LogP contribution < -0.4 is 0 Å². The fourth-order valence-corrected chi connectivity index (χ4v) is 8.97. The third-order valence-electron chi connectivity index (χ3n) is 2.64. The Balaban J connectivity index is 1.72. The van der Waals surface area contributed by atoms with Gasteiger partial charge in [-0.2, -0.15) is 0 Å². The summed E-state index contributed by atoms with van der Waals surface area (Å²) < 4.78 is 0.174. The second-order valence-corrected chi connectivity index (χ2v) is 10.4. The van der Waals surface area contributed by atoms with Crippen LogP contribution in [0.4, 0.5) is 0 Å². The van der Waals surface area contributed by atoms with E-state index in [0.29, 0.717) is 0 Å². The molecular formula is C13H8S4. The largest absolute Gasteiger partial charge is 0.171 e. The van der Waals surface area contributed by atoms with Crippen molar-refractivity contribution in [3.05, 3.63) is 48.5 Å². The van der Waals surface area contributed by atoms with E-state index in [0.717, 1.165) is 0 Å². The third-order valence-corrected chi connectivity index (χ3v) is 9.20. The van der Waals surface area contributed by atoms with Crippen LogP contribution in [0.1, 0.15) is 0 Å². The standard InChI is InChI=1S/C13H8S4/c1-2-6-10-9(5-1)14-13(15-10)16-11-7-3-4-8-12(11)17-13/h1-8H. The van der Waals surface area contributed by atoms with E-state index in [1.165, 1.54) is 19.6 Å². The van der Waals surface area contributed by atoms with Gasteiger partial charge >= 0.3 is 0 Å². The van der Waals surface area contributed by atoms with Gasteiger partial charge in [0.25, 0.3) is 0 Å². The van der Waals surface area contributed by atoms with Crippen molar-refractivity contribution in [3.63, 3.8) is 0 Å². The second-order valence-electron chi connectivity index (χ2n) is 3.80. The van der Waals surface area contributed by atoms with Gasteiger partial charge in [-0.1, -0.05) is 71.3 Å². The summed E-state index contributed by atoms with van der Waals surface area (Å²) in [5.41, 5.74) is 0. The molecule has 4 heteroatoms. The lowest BCUT2D eigenvalue weighted by Crippen LogP contribution is -1.98. The maximum Gasteiger partial charge on any atom is 0.171 e. The molecule has 1 spiro atoms. The zero-order valence-corrected chi connectivity index (χ0v) is 12.0. The lowest BCUT2D eigenvalue weighted by atomic mass is 10.4. The van der Waals surface area contributed by atoms with E-state index in [9.17, 15) is 0 Å². The number of benzene rings is 2. The zero-order valence-electron chi connectivity index (χ0n) is 8.75. The average Bonchev–Trinajstić information content (AvgIpc) is 2.87. The average molecular weight is 292 g/mol. The highest BCUT2D eigenvalue weighted by atomic mass is 32.3. The smallest absolute Gasteiger partial charge is 0.0842 e. The minimum absolute atomic E-state index is 0.174. The minimum Gasteiger partial charge on any atom is -0.0842 e. The predicted molar refractivity (Wildman–Crippen MR) is 79.0 cm³/mol. The van der Waals surface area contributed by atoms with Gasteiger partial charge < -0.3 is 0 Å². The van der Waals surface area contributed by atoms with Gasteiger partial charge in [0.2, 0.25) is 0 Å². The van der Waals surface area contributed by atoms with Crippen LogP contribution in [0.15, 0.2) is 68.1 Å². The van der Waals surface area contributed by atoms with E-state index in [-0.39, 0.29) is 2.74 Å². The molecule has 2 aromatic carbocycles. The Labute approximate surface area is 117 Å². The number of rotatable bonds is 0. The van der Waals surface area contributed by atoms with Gasteiger partial charge in [-0.05, 0) is 24.3 Å². The van der Waals surface area contributed by atoms with Crippen molar-refractivity contribution in [2.45, 2.75) is 22.3 Å². The third kappa shape index (κ3) is 1.73. The molecule has 0 aliphatic carbocycles. The molecule has 2 heterocycles. The van der Waals surface area contributed by atoms with Crippen LogP contribution in [-0.2, 0) is 0 Å². The van der Waals surface area contributed by atoms with E-state index in [4.69, 9.17) is 0 Å². The SMILES string of the molecule is c1ccc2c(c1)SC1(S2)Sc2ccccc2S1. The Hall–Kier alpha value is -0.160. The van der Waals surface area contributed by atoms with Gasteiger partial charge in [0.1, 0.15) is 0 Å². The topological polar surface area (TPSA) is 0 Å². The van der Waals surface area contributed by atoms with Gasteiger partial charge in [0.15, 0.2) is 2.74 Å². The quantitative estimate of drug-likeness (QED) is 0.638. The Morgan fingerprint density at radius 1 is 0.529 bits per heavy atom. The molecule has 2 aliphatic rings. The van der Waals surface area contributed by atoms with E-state index >= 15 is 0 Å². The summed E-state index contributed by atoms with van der Waals surface area (Å²) in [6.45, 7) is 0. The molecule has 0 atom stereocenters. The molecule has 0 bridgehead atoms. The molecule has 0 aromatic heterocycles. The maximum atomic E-state index is 2.23. The summed E-state index contributed by atoms with van der Waals surface area (Å²) in [4.78, 5) is 5.69. The number of hydrogen-bond donors (Lipinski definition) is 0. The van der Waals surface area contributed by atoms with Crippen molar-refractivity contribution in [2.75, 3.05) is 0 Å². The molecule has 84 valence electrons. The van der Waals surface area contributed by atoms with Crippen molar-refractivity contribution in [2.24, 2.45) is 0 Å². The van der Waals surface area contributed by atoms with E-state index in [2.05, 4.69) is 48.5 Å². The Morgan fingerprint density at radius 2 is 0.824 bits per heavy atom. The predicted octanol–water partition coefficient (Wildman–Crippen LogP) is 5.39. The normalized spacial score (nSPS) is 19.3. The second kappa shape index (κ2) is 3.92. The van der Waals surface area contributed by atoms with Gasteiger partial charge in [0.05, 0.1) is 0 Å². The molecule has 0 nitrogen and oxygen atoms in total. The lowest BCUT2D eigenvalue weighted by molar-refractivity contribution is 1.27. The molecule has 0 N–H and O–H groups in total. The lowest BCUT2D eigenvalue weighted by Gasteiger charge is -2.17. The molecule has 0 unspecified atom stereocenters. The fraction of sp³-hybridized carbons (Fsp3) is 0.0769. The summed E-state index contributed by atoms with van der Waals surface area (Å²) >= 11 is 7.97. The molecule has 4 rings (SSSR count). The van der Waals surface area contributed by atoms with Crippen LogP contribution in [0, 0.1) is 0 Å². The number of hydrogen-bond acceptors (Lipinski definition) is 4. The molecule has 0 fully saturated rings. The summed E-state index contributed by atoms with van der Waals surface area (Å²) in [6.07, 6.45) is 0. The zero-order chi connectivity index (χ0) is 11.3. The first-order valence-electron chi connectivity index (χ1n) is 5.29. The molecule has 0 amide bonds. The van der Waals surface area contributed by atoms with Crippen molar-refractivity contribution in [1.29, 1.82) is 0 Å². The number of thioether (sulfide) groups is 4. The Kier molecular flexibility index (Phi) is 2.47. The van der Waals surface area contributed by atoms with E-state index in [1.807, 2.05) is 47.0 Å². The highest BCUT2D eigenvalue weighted by molar-refractivity contribution is 8.50. The van der Waals surface area contributed by atoms with Crippen LogP contribution in [0.2, 0.25) is 0 Å². The first-order valence-corrected chi connectivity index (χ1v) is 8.55.